The molecular weight excluding hydrogens is 398 g/mol. The molecule has 6 aromatic rings. The number of hydrogen-bond donors (Lipinski definition) is 0. The molecule has 0 N–H and O–H groups in total. The third kappa shape index (κ3) is 2.04. The topological polar surface area (TPSA) is 56.9 Å². The quantitative estimate of drug-likeness (QED) is 0.349. The van der Waals surface area contributed by atoms with Crippen molar-refractivity contribution in [1.29, 1.82) is 0 Å². The van der Waals surface area contributed by atoms with Crippen LogP contribution in [0.1, 0.15) is 10.4 Å². The van der Waals surface area contributed by atoms with Crippen LogP contribution in [-0.4, -0.2) is 20.0 Å². The molecule has 0 unspecified atom stereocenters. The number of nitrogens with zero attached hydrogens (tertiary/aromatic N) is 3. The average Bonchev–Trinajstić information content (AvgIpc) is 3.35. The minimum Gasteiger partial charge on any atom is -0.308 e. The molecule has 0 saturated carbocycles. The molecule has 3 heterocycles. The van der Waals surface area contributed by atoms with Crippen LogP contribution in [0.4, 0.5) is 0 Å². The number of carbonyl (C=O) groups excluding carboxylic acids is 1. The lowest BCUT2D eigenvalue weighted by atomic mass is 10.0. The molecule has 0 spiro atoms. The van der Waals surface area contributed by atoms with Crippen LogP contribution in [0.3, 0.4) is 0 Å². The van der Waals surface area contributed by atoms with Gasteiger partial charge >= 0.3 is 0 Å². The number of hydrogen-bond acceptors (Lipinski definition) is 3. The van der Waals surface area contributed by atoms with Gasteiger partial charge in [-0.2, -0.15) is 0 Å². The molecule has 4 aromatic carbocycles. The van der Waals surface area contributed by atoms with Crippen molar-refractivity contribution in [1.82, 2.24) is 14.1 Å². The summed E-state index contributed by atoms with van der Waals surface area (Å²) < 4.78 is 3.77. The van der Waals surface area contributed by atoms with E-state index < -0.39 is 0 Å². The third-order valence-corrected chi connectivity index (χ3v) is 6.28. The second-order valence-electron chi connectivity index (χ2n) is 7.96. The molecule has 0 amide bonds. The molecule has 1 aliphatic rings. The van der Waals surface area contributed by atoms with E-state index in [2.05, 4.69) is 4.57 Å². The lowest BCUT2D eigenvalue weighted by molar-refractivity contribution is 0.0973. The molecule has 0 fully saturated rings. The second kappa shape index (κ2) is 6.02. The number of pyridine rings is 1. The van der Waals surface area contributed by atoms with Crippen LogP contribution in [0.15, 0.2) is 95.8 Å². The zero-order chi connectivity index (χ0) is 21.4. The van der Waals surface area contributed by atoms with Crippen molar-refractivity contribution in [3.05, 3.63) is 107 Å². The Hall–Kier alpha value is -4.51. The van der Waals surface area contributed by atoms with E-state index in [9.17, 15) is 9.59 Å². The van der Waals surface area contributed by atoms with Gasteiger partial charge in [-0.25, -0.2) is 4.98 Å². The predicted octanol–water partition coefficient (Wildman–Crippen LogP) is 5.16. The third-order valence-electron chi connectivity index (χ3n) is 6.28. The first-order valence-electron chi connectivity index (χ1n) is 10.4. The number of rotatable bonds is 1. The number of fused-ring (bicyclic) bond motifs is 7. The van der Waals surface area contributed by atoms with Crippen LogP contribution in [0, 0.1) is 0 Å². The number of imidazole rings is 1. The fourth-order valence-electron chi connectivity index (χ4n) is 4.92. The SMILES string of the molecule is O=C1c2cccc(-n3c4ccccc4c(=O)c4ccccc43)c2-c2nc3ccccc3n21. The summed E-state index contributed by atoms with van der Waals surface area (Å²) in [5, 5.41) is 1.28. The number of carbonyl (C=O) groups is 1. The van der Waals surface area contributed by atoms with E-state index >= 15 is 0 Å². The zero-order valence-electron chi connectivity index (χ0n) is 16.8. The molecule has 1 aliphatic heterocycles. The highest BCUT2D eigenvalue weighted by Gasteiger charge is 2.33. The van der Waals surface area contributed by atoms with E-state index in [4.69, 9.17) is 4.98 Å². The Morgan fingerprint density at radius 2 is 1.22 bits per heavy atom. The minimum absolute atomic E-state index is 0.00309. The van der Waals surface area contributed by atoms with Gasteiger partial charge in [0.25, 0.3) is 5.91 Å². The van der Waals surface area contributed by atoms with Gasteiger partial charge in [0.1, 0.15) is 0 Å². The summed E-state index contributed by atoms with van der Waals surface area (Å²) in [6.07, 6.45) is 0. The molecule has 0 saturated heterocycles. The van der Waals surface area contributed by atoms with Crippen LogP contribution in [-0.2, 0) is 0 Å². The van der Waals surface area contributed by atoms with Gasteiger partial charge in [-0.15, -0.1) is 0 Å². The first kappa shape index (κ1) is 17.2. The van der Waals surface area contributed by atoms with E-state index in [1.54, 1.807) is 4.57 Å². The van der Waals surface area contributed by atoms with Crippen molar-refractivity contribution in [3.63, 3.8) is 0 Å². The summed E-state index contributed by atoms with van der Waals surface area (Å²) in [5.41, 5.74) is 5.41. The van der Waals surface area contributed by atoms with Crippen LogP contribution in [0.5, 0.6) is 0 Å². The Kier molecular flexibility index (Phi) is 3.23. The van der Waals surface area contributed by atoms with Crippen molar-refractivity contribution in [2.45, 2.75) is 0 Å². The van der Waals surface area contributed by atoms with Crippen molar-refractivity contribution in [3.8, 4) is 17.1 Å². The van der Waals surface area contributed by atoms with E-state index in [0.29, 0.717) is 22.2 Å². The Labute approximate surface area is 181 Å². The standard InChI is InChI=1S/C27H15N3O2/c31-25-16-8-1-4-12-20(16)29(21-13-5-2-9-17(21)25)23-15-7-10-18-24(23)26-28-19-11-3-6-14-22(19)30(26)27(18)32/h1-15H. The minimum atomic E-state index is -0.0831. The summed E-state index contributed by atoms with van der Waals surface area (Å²) >= 11 is 0. The maximum Gasteiger partial charge on any atom is 0.264 e. The van der Waals surface area contributed by atoms with Gasteiger partial charge in [-0.05, 0) is 48.5 Å². The highest BCUT2D eigenvalue weighted by molar-refractivity contribution is 6.14. The molecular formula is C27H15N3O2. The summed E-state index contributed by atoms with van der Waals surface area (Å²) in [6, 6.07) is 28.6. The van der Waals surface area contributed by atoms with Gasteiger partial charge in [0.05, 0.1) is 38.9 Å². The number of para-hydroxylation sites is 4. The van der Waals surface area contributed by atoms with Crippen LogP contribution in [0.25, 0.3) is 49.9 Å². The Morgan fingerprint density at radius 3 is 1.94 bits per heavy atom. The number of aromatic nitrogens is 3. The lowest BCUT2D eigenvalue weighted by Crippen LogP contribution is -2.11. The summed E-state index contributed by atoms with van der Waals surface area (Å²) in [7, 11) is 0. The average molecular weight is 413 g/mol. The monoisotopic (exact) mass is 413 g/mol. The highest BCUT2D eigenvalue weighted by Crippen LogP contribution is 2.40. The Balaban J connectivity index is 1.69. The smallest absolute Gasteiger partial charge is 0.264 e. The van der Waals surface area contributed by atoms with Gasteiger partial charge in [-0.3, -0.25) is 14.2 Å². The fraction of sp³-hybridized carbons (Fsp3) is 0. The van der Waals surface area contributed by atoms with E-state index in [1.807, 2.05) is 91.0 Å². The second-order valence-corrected chi connectivity index (χ2v) is 7.96. The molecule has 150 valence electrons. The maximum absolute atomic E-state index is 13.4. The molecule has 0 aliphatic carbocycles. The largest absolute Gasteiger partial charge is 0.308 e. The van der Waals surface area contributed by atoms with E-state index in [-0.39, 0.29) is 11.3 Å². The zero-order valence-corrected chi connectivity index (χ0v) is 16.8. The first-order chi connectivity index (χ1) is 15.7. The molecule has 2 aromatic heterocycles. The van der Waals surface area contributed by atoms with E-state index in [0.717, 1.165) is 33.3 Å². The summed E-state index contributed by atoms with van der Waals surface area (Å²) in [6.45, 7) is 0. The normalized spacial score (nSPS) is 12.6. The van der Waals surface area contributed by atoms with Gasteiger partial charge in [0, 0.05) is 10.8 Å². The van der Waals surface area contributed by atoms with Crippen LogP contribution < -0.4 is 5.43 Å². The van der Waals surface area contributed by atoms with Crippen molar-refractivity contribution >= 4 is 38.7 Å². The molecule has 0 radical (unpaired) electrons. The van der Waals surface area contributed by atoms with Crippen molar-refractivity contribution in [2.75, 3.05) is 0 Å². The van der Waals surface area contributed by atoms with Crippen molar-refractivity contribution < 1.29 is 4.79 Å². The summed E-state index contributed by atoms with van der Waals surface area (Å²) in [5.74, 6) is 0.550. The molecule has 32 heavy (non-hydrogen) atoms. The molecule has 7 rings (SSSR count). The van der Waals surface area contributed by atoms with E-state index in [1.165, 1.54) is 0 Å². The predicted molar refractivity (Wildman–Crippen MR) is 126 cm³/mol. The molecule has 5 heteroatoms. The Bertz CT molecular complexity index is 1760. The molecule has 5 nitrogen and oxygen atoms in total. The lowest BCUT2D eigenvalue weighted by Gasteiger charge is -2.17. The Morgan fingerprint density at radius 1 is 0.594 bits per heavy atom. The number of benzene rings is 4. The van der Waals surface area contributed by atoms with Crippen LogP contribution >= 0.6 is 0 Å². The van der Waals surface area contributed by atoms with Gasteiger partial charge in [0.2, 0.25) is 0 Å². The molecule has 0 bridgehead atoms. The van der Waals surface area contributed by atoms with Gasteiger partial charge < -0.3 is 4.57 Å². The highest BCUT2D eigenvalue weighted by atomic mass is 16.2. The summed E-state index contributed by atoms with van der Waals surface area (Å²) in [4.78, 5) is 31.4. The maximum atomic E-state index is 13.4. The fourth-order valence-corrected chi connectivity index (χ4v) is 4.92. The first-order valence-corrected chi connectivity index (χ1v) is 10.4. The van der Waals surface area contributed by atoms with Crippen molar-refractivity contribution in [2.24, 2.45) is 0 Å². The van der Waals surface area contributed by atoms with Gasteiger partial charge in [0.15, 0.2) is 11.3 Å². The molecule has 0 atom stereocenters. The van der Waals surface area contributed by atoms with Gasteiger partial charge in [-0.1, -0.05) is 42.5 Å². The van der Waals surface area contributed by atoms with Crippen LogP contribution in [0.2, 0.25) is 0 Å².